The van der Waals surface area contributed by atoms with E-state index in [9.17, 15) is 18.0 Å². The number of carbonyl (C=O) groups excluding carboxylic acids is 2. The molecule has 2 aliphatic heterocycles. The van der Waals surface area contributed by atoms with Crippen LogP contribution in [0, 0.1) is 0 Å². The van der Waals surface area contributed by atoms with Crippen molar-refractivity contribution in [1.29, 1.82) is 0 Å². The van der Waals surface area contributed by atoms with Crippen molar-refractivity contribution in [3.8, 4) is 0 Å². The van der Waals surface area contributed by atoms with Crippen LogP contribution in [0.5, 0.6) is 0 Å². The maximum absolute atomic E-state index is 12.0. The molecule has 0 bridgehead atoms. The van der Waals surface area contributed by atoms with E-state index < -0.39 is 9.84 Å². The van der Waals surface area contributed by atoms with E-state index in [4.69, 9.17) is 0 Å². The number of amides is 2. The molecule has 1 N–H and O–H groups in total. The van der Waals surface area contributed by atoms with Crippen molar-refractivity contribution in [3.05, 3.63) is 34.9 Å². The molecule has 1 aromatic rings. The van der Waals surface area contributed by atoms with E-state index >= 15 is 0 Å². The van der Waals surface area contributed by atoms with Crippen molar-refractivity contribution in [2.45, 2.75) is 44.6 Å². The molecule has 2 heterocycles. The number of sulfone groups is 1. The lowest BCUT2D eigenvalue weighted by atomic mass is 10.0. The van der Waals surface area contributed by atoms with Crippen molar-refractivity contribution in [3.63, 3.8) is 0 Å². The molecule has 23 heavy (non-hydrogen) atoms. The molecule has 1 atom stereocenters. The maximum Gasteiger partial charge on any atom is 0.243 e. The number of imide groups is 1. The first-order valence-corrected chi connectivity index (χ1v) is 9.59. The van der Waals surface area contributed by atoms with Gasteiger partial charge in [0.2, 0.25) is 11.8 Å². The van der Waals surface area contributed by atoms with Crippen LogP contribution in [0.25, 0.3) is 0 Å². The standard InChI is InChI=1S/C16H20N2O4S/c1-2-23(21,22)10-11-3-4-12-8-18(9-13(12)7-11)14-5-6-15(19)17-16(14)20/h3-4,7,14H,2,5-6,8-10H2,1H3,(H,17,19,20). The van der Waals surface area contributed by atoms with Gasteiger partial charge in [-0.15, -0.1) is 0 Å². The highest BCUT2D eigenvalue weighted by molar-refractivity contribution is 7.90. The van der Waals surface area contributed by atoms with Crippen molar-refractivity contribution in [2.75, 3.05) is 5.75 Å². The van der Waals surface area contributed by atoms with Crippen molar-refractivity contribution in [2.24, 2.45) is 0 Å². The number of fused-ring (bicyclic) bond motifs is 1. The minimum absolute atomic E-state index is 0.0508. The molecule has 7 heteroatoms. The summed E-state index contributed by atoms with van der Waals surface area (Å²) in [7, 11) is -3.05. The van der Waals surface area contributed by atoms with Crippen LogP contribution >= 0.6 is 0 Å². The van der Waals surface area contributed by atoms with E-state index in [-0.39, 0.29) is 29.4 Å². The lowest BCUT2D eigenvalue weighted by Gasteiger charge is -2.29. The van der Waals surface area contributed by atoms with Crippen LogP contribution in [0.4, 0.5) is 0 Å². The van der Waals surface area contributed by atoms with Crippen LogP contribution in [-0.4, -0.2) is 36.9 Å². The number of hydrogen-bond acceptors (Lipinski definition) is 5. The minimum atomic E-state index is -3.05. The maximum atomic E-state index is 12.0. The van der Waals surface area contributed by atoms with Crippen LogP contribution in [-0.2, 0) is 38.3 Å². The highest BCUT2D eigenvalue weighted by atomic mass is 32.2. The normalized spacial score (nSPS) is 22.0. The number of rotatable bonds is 4. The fourth-order valence-corrected chi connectivity index (χ4v) is 4.06. The highest BCUT2D eigenvalue weighted by Gasteiger charge is 2.34. The number of carbonyl (C=O) groups is 2. The monoisotopic (exact) mass is 336 g/mol. The first-order valence-electron chi connectivity index (χ1n) is 7.77. The lowest BCUT2D eigenvalue weighted by molar-refractivity contribution is -0.137. The lowest BCUT2D eigenvalue weighted by Crippen LogP contribution is -2.50. The summed E-state index contributed by atoms with van der Waals surface area (Å²) in [5, 5.41) is 2.38. The van der Waals surface area contributed by atoms with Gasteiger partial charge in [-0.1, -0.05) is 25.1 Å². The summed E-state index contributed by atoms with van der Waals surface area (Å²) in [5.74, 6) is -0.264. The largest absolute Gasteiger partial charge is 0.295 e. The zero-order valence-electron chi connectivity index (χ0n) is 13.0. The number of hydrogen-bond donors (Lipinski definition) is 1. The third kappa shape index (κ3) is 3.45. The average molecular weight is 336 g/mol. The van der Waals surface area contributed by atoms with Gasteiger partial charge in [-0.2, -0.15) is 0 Å². The first kappa shape index (κ1) is 16.1. The molecule has 0 aliphatic carbocycles. The molecule has 6 nitrogen and oxygen atoms in total. The predicted octanol–water partition coefficient (Wildman–Crippen LogP) is 0.742. The summed E-state index contributed by atoms with van der Waals surface area (Å²) < 4.78 is 23.5. The van der Waals surface area contributed by atoms with Gasteiger partial charge in [-0.25, -0.2) is 8.42 Å². The van der Waals surface area contributed by atoms with E-state index in [2.05, 4.69) is 5.32 Å². The Bertz CT molecular complexity index is 757. The minimum Gasteiger partial charge on any atom is -0.295 e. The fraction of sp³-hybridized carbons (Fsp3) is 0.500. The third-order valence-electron chi connectivity index (χ3n) is 4.49. The first-order chi connectivity index (χ1) is 10.9. The van der Waals surface area contributed by atoms with Gasteiger partial charge in [0.1, 0.15) is 0 Å². The summed E-state index contributed by atoms with van der Waals surface area (Å²) >= 11 is 0. The van der Waals surface area contributed by atoms with E-state index in [1.807, 2.05) is 23.1 Å². The molecule has 124 valence electrons. The number of nitrogens with one attached hydrogen (secondary N) is 1. The Labute approximate surface area is 135 Å². The second-order valence-electron chi connectivity index (χ2n) is 6.15. The van der Waals surface area contributed by atoms with Crippen LogP contribution in [0.1, 0.15) is 36.5 Å². The zero-order valence-corrected chi connectivity index (χ0v) is 13.9. The van der Waals surface area contributed by atoms with Gasteiger partial charge >= 0.3 is 0 Å². The fourth-order valence-electron chi connectivity index (χ4n) is 3.17. The Morgan fingerprint density at radius 2 is 1.96 bits per heavy atom. The summed E-state index contributed by atoms with van der Waals surface area (Å²) in [6, 6.07) is 5.43. The molecule has 3 rings (SSSR count). The Hall–Kier alpha value is -1.73. The second kappa shape index (κ2) is 6.05. The molecule has 1 fully saturated rings. The highest BCUT2D eigenvalue weighted by Crippen LogP contribution is 2.28. The summed E-state index contributed by atoms with van der Waals surface area (Å²) in [4.78, 5) is 25.3. The molecular formula is C16H20N2O4S. The van der Waals surface area contributed by atoms with Gasteiger partial charge < -0.3 is 0 Å². The van der Waals surface area contributed by atoms with E-state index in [0.717, 1.165) is 16.7 Å². The summed E-state index contributed by atoms with van der Waals surface area (Å²) in [5.41, 5.74) is 2.97. The smallest absolute Gasteiger partial charge is 0.243 e. The molecular weight excluding hydrogens is 316 g/mol. The molecule has 2 amide bonds. The quantitative estimate of drug-likeness (QED) is 0.820. The van der Waals surface area contributed by atoms with E-state index in [0.29, 0.717) is 25.9 Å². The summed E-state index contributed by atoms with van der Waals surface area (Å²) in [6.45, 7) is 2.91. The molecule has 0 spiro atoms. The van der Waals surface area contributed by atoms with Gasteiger partial charge in [0.25, 0.3) is 0 Å². The second-order valence-corrected chi connectivity index (χ2v) is 8.50. The molecule has 1 saturated heterocycles. The van der Waals surface area contributed by atoms with Gasteiger partial charge in [-0.3, -0.25) is 19.8 Å². The van der Waals surface area contributed by atoms with Crippen molar-refractivity contribution in [1.82, 2.24) is 10.2 Å². The van der Waals surface area contributed by atoms with E-state index in [1.54, 1.807) is 6.92 Å². The summed E-state index contributed by atoms with van der Waals surface area (Å²) in [6.07, 6.45) is 0.902. The van der Waals surface area contributed by atoms with Gasteiger partial charge in [0, 0.05) is 25.3 Å². The van der Waals surface area contributed by atoms with E-state index in [1.165, 1.54) is 0 Å². The molecule has 0 radical (unpaired) electrons. The molecule has 1 unspecified atom stereocenters. The van der Waals surface area contributed by atoms with Gasteiger partial charge in [-0.05, 0) is 23.1 Å². The third-order valence-corrected chi connectivity index (χ3v) is 6.15. The van der Waals surface area contributed by atoms with Crippen LogP contribution in [0.15, 0.2) is 18.2 Å². The predicted molar refractivity (Wildman–Crippen MR) is 85.0 cm³/mol. The topological polar surface area (TPSA) is 83.6 Å². The zero-order chi connectivity index (χ0) is 16.6. The van der Waals surface area contributed by atoms with Crippen molar-refractivity contribution < 1.29 is 18.0 Å². The molecule has 0 saturated carbocycles. The Kier molecular flexibility index (Phi) is 4.25. The molecule has 0 aromatic heterocycles. The molecule has 1 aromatic carbocycles. The average Bonchev–Trinajstić information content (AvgIpc) is 2.89. The van der Waals surface area contributed by atoms with Crippen LogP contribution in [0.2, 0.25) is 0 Å². The van der Waals surface area contributed by atoms with Crippen LogP contribution in [0.3, 0.4) is 0 Å². The Balaban J connectivity index is 1.74. The Morgan fingerprint density at radius 1 is 1.22 bits per heavy atom. The van der Waals surface area contributed by atoms with Crippen molar-refractivity contribution >= 4 is 21.7 Å². The number of benzene rings is 1. The SMILES string of the molecule is CCS(=O)(=O)Cc1ccc2c(c1)CN(C1CCC(=O)NC1=O)C2. The number of piperidine rings is 1. The Morgan fingerprint density at radius 3 is 2.65 bits per heavy atom. The number of nitrogens with zero attached hydrogens (tertiary/aromatic N) is 1. The van der Waals surface area contributed by atoms with Gasteiger partial charge in [0.15, 0.2) is 9.84 Å². The van der Waals surface area contributed by atoms with Crippen LogP contribution < -0.4 is 5.32 Å². The van der Waals surface area contributed by atoms with Gasteiger partial charge in [0.05, 0.1) is 11.8 Å². The molecule has 2 aliphatic rings.